The largest absolute Gasteiger partial charge is 0.294 e. The Morgan fingerprint density at radius 1 is 1.12 bits per heavy atom. The van der Waals surface area contributed by atoms with Crippen LogP contribution in [0.25, 0.3) is 0 Å². The van der Waals surface area contributed by atoms with Crippen LogP contribution in [0.4, 0.5) is 0 Å². The van der Waals surface area contributed by atoms with Crippen molar-refractivity contribution in [1.82, 2.24) is 0 Å². The third kappa shape index (κ3) is 2.05. The van der Waals surface area contributed by atoms with Crippen LogP contribution in [0.5, 0.6) is 0 Å². The molecule has 2 aliphatic rings. The zero-order valence-corrected chi connectivity index (χ0v) is 12.0. The first-order valence-electron chi connectivity index (χ1n) is 6.53. The molecule has 3 rings (SSSR count). The number of benzene rings is 1. The molecule has 0 N–H and O–H groups in total. The van der Waals surface area contributed by atoms with Crippen LogP contribution in [0.2, 0.25) is 0 Å². The van der Waals surface area contributed by atoms with Crippen molar-refractivity contribution < 1.29 is 4.79 Å². The summed E-state index contributed by atoms with van der Waals surface area (Å²) in [4.78, 5) is 12.3. The summed E-state index contributed by atoms with van der Waals surface area (Å²) in [6.45, 7) is 0. The molecule has 0 heterocycles. The lowest BCUT2D eigenvalue weighted by Gasteiger charge is -2.32. The summed E-state index contributed by atoms with van der Waals surface area (Å²) in [6.07, 6.45) is 6.00. The van der Waals surface area contributed by atoms with E-state index in [2.05, 4.69) is 34.7 Å². The van der Waals surface area contributed by atoms with Crippen molar-refractivity contribution in [2.75, 3.05) is 0 Å². The maximum Gasteiger partial charge on any atom is 0.163 e. The first kappa shape index (κ1) is 11.7. The Balaban J connectivity index is 2.05. The van der Waals surface area contributed by atoms with Crippen molar-refractivity contribution in [2.45, 2.75) is 36.0 Å². The average Bonchev–Trinajstić information content (AvgIpc) is 2.48. The van der Waals surface area contributed by atoms with Crippen LogP contribution in [-0.2, 0) is 0 Å². The van der Waals surface area contributed by atoms with E-state index in [0.717, 1.165) is 17.9 Å². The molecule has 0 spiro atoms. The van der Waals surface area contributed by atoms with E-state index in [9.17, 15) is 4.79 Å². The molecule has 1 aromatic rings. The molecule has 17 heavy (non-hydrogen) atoms. The fourth-order valence-electron chi connectivity index (χ4n) is 3.45. The molecule has 2 aliphatic carbocycles. The Kier molecular flexibility index (Phi) is 3.24. The van der Waals surface area contributed by atoms with Crippen LogP contribution in [0.1, 0.15) is 52.0 Å². The highest BCUT2D eigenvalue weighted by atomic mass is 127. The van der Waals surface area contributed by atoms with E-state index in [1.54, 1.807) is 0 Å². The van der Waals surface area contributed by atoms with Crippen LogP contribution in [0.15, 0.2) is 24.3 Å². The van der Waals surface area contributed by atoms with Crippen molar-refractivity contribution in [3.8, 4) is 0 Å². The summed E-state index contributed by atoms with van der Waals surface area (Å²) in [5.74, 6) is 1.72. The third-order valence-electron chi connectivity index (χ3n) is 4.35. The molecule has 90 valence electrons. The number of hydrogen-bond donors (Lipinski definition) is 0. The predicted octanol–water partition coefficient (Wildman–Crippen LogP) is 4.56. The van der Waals surface area contributed by atoms with Gasteiger partial charge in [-0.15, -0.1) is 0 Å². The molecule has 0 amide bonds. The molecule has 0 radical (unpaired) electrons. The van der Waals surface area contributed by atoms with Crippen molar-refractivity contribution >= 4 is 28.4 Å². The van der Waals surface area contributed by atoms with Gasteiger partial charge in [-0.25, -0.2) is 0 Å². The van der Waals surface area contributed by atoms with Gasteiger partial charge in [0.2, 0.25) is 0 Å². The molecule has 1 saturated carbocycles. The van der Waals surface area contributed by atoms with Crippen molar-refractivity contribution in [1.29, 1.82) is 0 Å². The summed E-state index contributed by atoms with van der Waals surface area (Å²) in [5, 5.41) is 0. The molecule has 3 unspecified atom stereocenters. The number of carbonyl (C=O) groups excluding carboxylic acids is 1. The van der Waals surface area contributed by atoms with E-state index in [-0.39, 0.29) is 0 Å². The van der Waals surface area contributed by atoms with Gasteiger partial charge < -0.3 is 0 Å². The second-order valence-corrected chi connectivity index (χ2v) is 6.67. The SMILES string of the molecule is O=C1CC2CCCCC2C(I)c2ccccc21. The maximum atomic E-state index is 12.3. The minimum absolute atomic E-state index is 0.372. The topological polar surface area (TPSA) is 17.1 Å². The van der Waals surface area contributed by atoms with Crippen LogP contribution >= 0.6 is 22.6 Å². The molecule has 0 bridgehead atoms. The van der Waals surface area contributed by atoms with E-state index in [1.165, 1.54) is 31.2 Å². The number of hydrogen-bond acceptors (Lipinski definition) is 1. The second-order valence-electron chi connectivity index (χ2n) is 5.32. The zero-order chi connectivity index (χ0) is 11.8. The van der Waals surface area contributed by atoms with Crippen molar-refractivity contribution in [3.63, 3.8) is 0 Å². The standard InChI is InChI=1S/C15H17IO/c16-15-11-6-2-1-5-10(11)9-14(17)12-7-3-4-8-13(12)15/h3-4,7-8,10-11,15H,1-2,5-6,9H2. The van der Waals surface area contributed by atoms with Gasteiger partial charge in [0, 0.05) is 15.9 Å². The third-order valence-corrected chi connectivity index (χ3v) is 5.94. The lowest BCUT2D eigenvalue weighted by Crippen LogP contribution is -2.22. The number of carbonyl (C=O) groups is 1. The highest BCUT2D eigenvalue weighted by Crippen LogP contribution is 2.48. The van der Waals surface area contributed by atoms with Gasteiger partial charge >= 0.3 is 0 Å². The van der Waals surface area contributed by atoms with Gasteiger partial charge in [0.05, 0.1) is 0 Å². The van der Waals surface area contributed by atoms with Crippen LogP contribution in [-0.4, -0.2) is 5.78 Å². The molecule has 3 atom stereocenters. The Morgan fingerprint density at radius 3 is 2.76 bits per heavy atom. The predicted molar refractivity (Wildman–Crippen MR) is 77.6 cm³/mol. The first-order valence-corrected chi connectivity index (χ1v) is 7.78. The Labute approximate surface area is 116 Å². The molecular weight excluding hydrogens is 323 g/mol. The molecule has 1 aromatic carbocycles. The van der Waals surface area contributed by atoms with Crippen LogP contribution in [0.3, 0.4) is 0 Å². The molecule has 1 fully saturated rings. The van der Waals surface area contributed by atoms with E-state index >= 15 is 0 Å². The van der Waals surface area contributed by atoms with Gasteiger partial charge in [-0.1, -0.05) is 59.7 Å². The fraction of sp³-hybridized carbons (Fsp3) is 0.533. The quantitative estimate of drug-likeness (QED) is 0.500. The number of rotatable bonds is 0. The Hall–Kier alpha value is -0.380. The summed E-state index contributed by atoms with van der Waals surface area (Å²) < 4.78 is 0.528. The molecule has 0 aliphatic heterocycles. The monoisotopic (exact) mass is 340 g/mol. The lowest BCUT2D eigenvalue weighted by atomic mass is 9.76. The molecule has 2 heteroatoms. The highest BCUT2D eigenvalue weighted by Gasteiger charge is 2.37. The van der Waals surface area contributed by atoms with Gasteiger partial charge in [0.15, 0.2) is 5.78 Å². The van der Waals surface area contributed by atoms with Gasteiger partial charge in [0.1, 0.15) is 0 Å². The fourth-order valence-corrected chi connectivity index (χ4v) is 4.94. The van der Waals surface area contributed by atoms with E-state index in [4.69, 9.17) is 0 Å². The Bertz CT molecular complexity index is 440. The smallest absolute Gasteiger partial charge is 0.163 e. The molecular formula is C15H17IO. The minimum atomic E-state index is 0.372. The lowest BCUT2D eigenvalue weighted by molar-refractivity contribution is 0.0934. The highest BCUT2D eigenvalue weighted by molar-refractivity contribution is 14.1. The summed E-state index contributed by atoms with van der Waals surface area (Å²) in [7, 11) is 0. The van der Waals surface area contributed by atoms with Crippen molar-refractivity contribution in [3.05, 3.63) is 35.4 Å². The van der Waals surface area contributed by atoms with E-state index < -0.39 is 0 Å². The van der Waals surface area contributed by atoms with E-state index in [0.29, 0.717) is 15.6 Å². The summed E-state index contributed by atoms with van der Waals surface area (Å²) in [6, 6.07) is 8.23. The number of fused-ring (bicyclic) bond motifs is 2. The average molecular weight is 340 g/mol. The first-order chi connectivity index (χ1) is 8.27. The zero-order valence-electron chi connectivity index (χ0n) is 9.86. The van der Waals surface area contributed by atoms with Gasteiger partial charge in [-0.05, 0) is 30.2 Å². The normalized spacial score (nSPS) is 32.5. The van der Waals surface area contributed by atoms with E-state index in [1.807, 2.05) is 12.1 Å². The maximum absolute atomic E-state index is 12.3. The van der Waals surface area contributed by atoms with Crippen molar-refractivity contribution in [2.24, 2.45) is 11.8 Å². The summed E-state index contributed by atoms with van der Waals surface area (Å²) in [5.41, 5.74) is 2.27. The molecule has 1 nitrogen and oxygen atoms in total. The second kappa shape index (κ2) is 4.71. The summed E-state index contributed by atoms with van der Waals surface area (Å²) >= 11 is 2.57. The van der Waals surface area contributed by atoms with Crippen LogP contribution < -0.4 is 0 Å². The van der Waals surface area contributed by atoms with Gasteiger partial charge in [-0.2, -0.15) is 0 Å². The van der Waals surface area contributed by atoms with Gasteiger partial charge in [0.25, 0.3) is 0 Å². The molecule has 0 saturated heterocycles. The Morgan fingerprint density at radius 2 is 1.88 bits per heavy atom. The number of halogens is 1. The number of ketones is 1. The van der Waals surface area contributed by atoms with Gasteiger partial charge in [-0.3, -0.25) is 4.79 Å². The van der Waals surface area contributed by atoms with Crippen LogP contribution in [0, 0.1) is 11.8 Å². The minimum Gasteiger partial charge on any atom is -0.294 e. The number of alkyl halides is 1. The molecule has 0 aromatic heterocycles. The number of Topliss-reactive ketones (excluding diaryl/α,β-unsaturated/α-hetero) is 1.